The fraction of sp³-hybridized carbons (Fsp3) is 0.0612. The third-order valence-electron chi connectivity index (χ3n) is 11.1. The molecule has 0 radical (unpaired) electrons. The van der Waals surface area contributed by atoms with Gasteiger partial charge in [0, 0.05) is 38.4 Å². The van der Waals surface area contributed by atoms with Gasteiger partial charge in [-0.15, -0.1) is 0 Å². The molecule has 0 spiro atoms. The van der Waals surface area contributed by atoms with Crippen LogP contribution >= 0.6 is 0 Å². The molecule has 6 nitrogen and oxygen atoms in total. The molecule has 0 aliphatic heterocycles. The minimum Gasteiger partial charge on any atom is -0.435 e. The molecule has 0 saturated carbocycles. The van der Waals surface area contributed by atoms with Crippen molar-refractivity contribution in [2.24, 2.45) is 0 Å². The molecule has 55 heavy (non-hydrogen) atoms. The summed E-state index contributed by atoms with van der Waals surface area (Å²) in [6.45, 7) is 4.61. The predicted octanol–water partition coefficient (Wildman–Crippen LogP) is 12.1. The number of nitrogens with zero attached hydrogens (tertiary/aromatic N) is 5. The minimum absolute atomic E-state index is 0.222. The summed E-state index contributed by atoms with van der Waals surface area (Å²) in [6.07, 6.45) is 0. The highest BCUT2D eigenvalue weighted by Crippen LogP contribution is 2.52. The van der Waals surface area contributed by atoms with E-state index in [4.69, 9.17) is 24.4 Å². The van der Waals surface area contributed by atoms with Gasteiger partial charge in [-0.25, -0.2) is 9.97 Å². The van der Waals surface area contributed by atoms with Crippen LogP contribution in [0.3, 0.4) is 0 Å². The molecule has 0 unspecified atom stereocenters. The quantitative estimate of drug-likeness (QED) is 0.178. The molecule has 3 heterocycles. The first kappa shape index (κ1) is 31.4. The Labute approximate surface area is 317 Å². The van der Waals surface area contributed by atoms with E-state index in [0.29, 0.717) is 23.5 Å². The first-order chi connectivity index (χ1) is 27.0. The van der Waals surface area contributed by atoms with E-state index >= 15 is 0 Å². The number of hydrogen-bond donors (Lipinski definition) is 0. The zero-order valence-corrected chi connectivity index (χ0v) is 30.2. The van der Waals surface area contributed by atoms with E-state index in [1.165, 1.54) is 16.7 Å². The van der Waals surface area contributed by atoms with Crippen LogP contribution in [0.5, 0.6) is 0 Å². The summed E-state index contributed by atoms with van der Waals surface area (Å²) in [5.41, 5.74) is 13.6. The Morgan fingerprint density at radius 2 is 1.07 bits per heavy atom. The number of para-hydroxylation sites is 1. The average molecular weight is 708 g/mol. The Hall–Kier alpha value is -7.18. The Morgan fingerprint density at radius 1 is 0.473 bits per heavy atom. The van der Waals surface area contributed by atoms with Crippen molar-refractivity contribution in [2.75, 3.05) is 0 Å². The van der Waals surface area contributed by atoms with Crippen LogP contribution in [-0.4, -0.2) is 24.5 Å². The van der Waals surface area contributed by atoms with E-state index in [1.54, 1.807) is 0 Å². The monoisotopic (exact) mass is 707 g/mol. The van der Waals surface area contributed by atoms with Gasteiger partial charge >= 0.3 is 0 Å². The summed E-state index contributed by atoms with van der Waals surface area (Å²) in [4.78, 5) is 20.0. The lowest BCUT2D eigenvalue weighted by molar-refractivity contribution is 0.618. The summed E-state index contributed by atoms with van der Waals surface area (Å²) in [5.74, 6) is 2.49. The van der Waals surface area contributed by atoms with Crippen LogP contribution in [0, 0.1) is 0 Å². The number of fused-ring (bicyclic) bond motifs is 8. The normalized spacial score (nSPS) is 13.1. The van der Waals surface area contributed by atoms with Gasteiger partial charge in [0.25, 0.3) is 0 Å². The molecule has 260 valence electrons. The summed E-state index contributed by atoms with van der Waals surface area (Å²) in [7, 11) is 0. The first-order valence-electron chi connectivity index (χ1n) is 18.6. The number of aromatic nitrogens is 5. The molecule has 1 aliphatic carbocycles. The SMILES string of the molecule is CC1(C)c2cc(-c3ccc4c(c3)c3ccccc3n4-c3nc(-c4ccccc4)nc(-c4ccccc4)n3)ccc2-c2c1ccc1nc(-c3ccccc3)oc21. The third kappa shape index (κ3) is 4.88. The van der Waals surface area contributed by atoms with Gasteiger partial charge in [0.05, 0.1) is 11.0 Å². The fourth-order valence-electron chi connectivity index (χ4n) is 8.35. The molecule has 0 fully saturated rings. The van der Waals surface area contributed by atoms with E-state index in [1.807, 2.05) is 91.0 Å². The molecule has 0 atom stereocenters. The minimum atomic E-state index is -0.222. The maximum atomic E-state index is 6.53. The maximum Gasteiger partial charge on any atom is 0.238 e. The van der Waals surface area contributed by atoms with Crippen LogP contribution in [0.4, 0.5) is 0 Å². The van der Waals surface area contributed by atoms with Crippen molar-refractivity contribution in [3.63, 3.8) is 0 Å². The number of oxazole rings is 1. The van der Waals surface area contributed by atoms with Gasteiger partial charge in [-0.3, -0.25) is 4.57 Å². The standard InChI is InChI=1S/C49H33N5O/c1-49(2)38-25-26-40-44(55-47(50-40)32-18-10-5-11-19-32)43(38)36-24-22-34(29-39(36)49)33-23-27-42-37(28-33)35-20-12-13-21-41(35)54(42)48-52-45(30-14-6-3-7-15-30)51-46(53-48)31-16-8-4-9-17-31/h3-29H,1-2H3. The molecule has 10 aromatic rings. The number of hydrogen-bond acceptors (Lipinski definition) is 5. The summed E-state index contributed by atoms with van der Waals surface area (Å²) in [5, 5.41) is 2.27. The van der Waals surface area contributed by atoms with Gasteiger partial charge in [-0.2, -0.15) is 9.97 Å². The number of rotatable bonds is 5. The second-order valence-electron chi connectivity index (χ2n) is 14.7. The lowest BCUT2D eigenvalue weighted by Gasteiger charge is -2.22. The van der Waals surface area contributed by atoms with Crippen molar-refractivity contribution >= 4 is 32.9 Å². The summed E-state index contributed by atoms with van der Waals surface area (Å²) >= 11 is 0. The molecule has 1 aliphatic rings. The molecular weight excluding hydrogens is 675 g/mol. The van der Waals surface area contributed by atoms with Crippen molar-refractivity contribution in [1.82, 2.24) is 24.5 Å². The second kappa shape index (κ2) is 11.9. The lowest BCUT2D eigenvalue weighted by Crippen LogP contribution is -2.14. The van der Waals surface area contributed by atoms with Crippen LogP contribution in [0.15, 0.2) is 168 Å². The highest BCUT2D eigenvalue weighted by atomic mass is 16.3. The van der Waals surface area contributed by atoms with Crippen molar-refractivity contribution in [2.45, 2.75) is 19.3 Å². The summed E-state index contributed by atoms with van der Waals surface area (Å²) < 4.78 is 8.70. The Kier molecular flexibility index (Phi) is 6.79. The van der Waals surface area contributed by atoms with Crippen molar-refractivity contribution in [3.05, 3.63) is 175 Å². The molecular formula is C49H33N5O. The Morgan fingerprint density at radius 3 is 1.78 bits per heavy atom. The molecule has 6 heteroatoms. The van der Waals surface area contributed by atoms with E-state index in [-0.39, 0.29) is 5.41 Å². The van der Waals surface area contributed by atoms with Crippen LogP contribution < -0.4 is 0 Å². The average Bonchev–Trinajstić information content (AvgIpc) is 3.90. The maximum absolute atomic E-state index is 6.53. The van der Waals surface area contributed by atoms with E-state index in [9.17, 15) is 0 Å². The molecule has 11 rings (SSSR count). The van der Waals surface area contributed by atoms with Crippen molar-refractivity contribution < 1.29 is 4.42 Å². The van der Waals surface area contributed by atoms with Crippen LogP contribution in [-0.2, 0) is 5.41 Å². The molecule has 3 aromatic heterocycles. The fourth-order valence-corrected chi connectivity index (χ4v) is 8.35. The second-order valence-corrected chi connectivity index (χ2v) is 14.7. The Balaban J connectivity index is 1.06. The third-order valence-corrected chi connectivity index (χ3v) is 11.1. The lowest BCUT2D eigenvalue weighted by atomic mass is 9.81. The zero-order chi connectivity index (χ0) is 36.7. The van der Waals surface area contributed by atoms with Gasteiger partial charge in [0.1, 0.15) is 5.52 Å². The van der Waals surface area contributed by atoms with E-state index < -0.39 is 0 Å². The molecule has 0 N–H and O–H groups in total. The molecule has 0 amide bonds. The summed E-state index contributed by atoms with van der Waals surface area (Å²) in [6, 6.07) is 56.7. The van der Waals surface area contributed by atoms with E-state index in [2.05, 4.69) is 91.2 Å². The van der Waals surface area contributed by atoms with Gasteiger partial charge < -0.3 is 4.42 Å². The van der Waals surface area contributed by atoms with Crippen molar-refractivity contribution in [1.29, 1.82) is 0 Å². The Bertz CT molecular complexity index is 3050. The van der Waals surface area contributed by atoms with Gasteiger partial charge in [-0.05, 0) is 70.3 Å². The van der Waals surface area contributed by atoms with Crippen LogP contribution in [0.1, 0.15) is 25.0 Å². The molecule has 0 saturated heterocycles. The first-order valence-corrected chi connectivity index (χ1v) is 18.6. The predicted molar refractivity (Wildman–Crippen MR) is 221 cm³/mol. The van der Waals surface area contributed by atoms with Crippen LogP contribution in [0.2, 0.25) is 0 Å². The highest BCUT2D eigenvalue weighted by Gasteiger charge is 2.38. The largest absolute Gasteiger partial charge is 0.435 e. The van der Waals surface area contributed by atoms with Crippen molar-refractivity contribution in [3.8, 4) is 62.4 Å². The topological polar surface area (TPSA) is 69.6 Å². The number of benzene rings is 7. The molecule has 0 bridgehead atoms. The van der Waals surface area contributed by atoms with Gasteiger partial charge in [-0.1, -0.05) is 135 Å². The highest BCUT2D eigenvalue weighted by molar-refractivity contribution is 6.10. The van der Waals surface area contributed by atoms with E-state index in [0.717, 1.165) is 66.3 Å². The zero-order valence-electron chi connectivity index (χ0n) is 30.2. The van der Waals surface area contributed by atoms with Crippen LogP contribution in [0.25, 0.3) is 95.3 Å². The molecule has 7 aromatic carbocycles. The smallest absolute Gasteiger partial charge is 0.238 e. The van der Waals surface area contributed by atoms with Gasteiger partial charge in [0.15, 0.2) is 17.2 Å². The van der Waals surface area contributed by atoms with Gasteiger partial charge in [0.2, 0.25) is 11.8 Å².